The van der Waals surface area contributed by atoms with Crippen molar-refractivity contribution in [1.29, 1.82) is 0 Å². The van der Waals surface area contributed by atoms with Crippen molar-refractivity contribution in [2.75, 3.05) is 0 Å². The van der Waals surface area contributed by atoms with Gasteiger partial charge in [-0.3, -0.25) is 0 Å². The molecule has 0 radical (unpaired) electrons. The van der Waals surface area contributed by atoms with E-state index in [0.717, 1.165) is 0 Å². The molecule has 4 aromatic rings. The SMILES string of the molecule is CCCC(C)C1=Cc2c(-c3ccccc3)cccc2[CH]1[Zr]([CH3])([CH3])(=[SiH2])[CH]1C(C)=Cc2c(-c3ccccc3)ccc(C)c21.Cl.Cl. The predicted molar refractivity (Wildman–Crippen MR) is 194 cm³/mol. The first kappa shape index (κ1) is 33.9. The van der Waals surface area contributed by atoms with Gasteiger partial charge in [0.25, 0.3) is 0 Å². The Kier molecular flexibility index (Phi) is 10.1. The topological polar surface area (TPSA) is 0 Å². The summed E-state index contributed by atoms with van der Waals surface area (Å²) >= 11 is -3.67. The van der Waals surface area contributed by atoms with Crippen LogP contribution in [0.1, 0.15) is 68.7 Å². The van der Waals surface area contributed by atoms with Crippen LogP contribution in [0.15, 0.2) is 102 Å². The maximum Gasteiger partial charge on any atom is -0.147 e. The molecule has 0 spiro atoms. The number of fused-ring (bicyclic) bond motifs is 2. The van der Waals surface area contributed by atoms with Crippen LogP contribution in [-0.4, -0.2) is 6.88 Å². The first-order valence-corrected chi connectivity index (χ1v) is 29.1. The van der Waals surface area contributed by atoms with Gasteiger partial charge in [0.2, 0.25) is 0 Å². The molecule has 6 rings (SSSR count). The number of rotatable bonds is 7. The van der Waals surface area contributed by atoms with E-state index in [-0.39, 0.29) is 24.8 Å². The van der Waals surface area contributed by atoms with E-state index in [1.165, 1.54) is 51.8 Å². The molecule has 224 valence electrons. The Bertz CT molecular complexity index is 1760. The van der Waals surface area contributed by atoms with E-state index < -0.39 is 17.4 Å². The summed E-state index contributed by atoms with van der Waals surface area (Å²) in [6, 6.07) is 33.9. The number of halogens is 2. The largest absolute Gasteiger partial charge is 0.147 e. The summed E-state index contributed by atoms with van der Waals surface area (Å²) in [7, 11) is 0. The van der Waals surface area contributed by atoms with Crippen LogP contribution in [0.5, 0.6) is 0 Å². The summed E-state index contributed by atoms with van der Waals surface area (Å²) in [6.45, 7) is 12.1. The van der Waals surface area contributed by atoms with E-state index >= 15 is 0 Å². The first-order chi connectivity index (χ1) is 19.6. The Balaban J connectivity index is 0.00000212. The average Bonchev–Trinajstić information content (AvgIpc) is 3.54. The molecule has 0 fully saturated rings. The smallest absolute Gasteiger partial charge is 0.147 e. The first-order valence-electron chi connectivity index (χ1n) is 15.4. The van der Waals surface area contributed by atoms with E-state index in [2.05, 4.69) is 147 Å². The van der Waals surface area contributed by atoms with E-state index in [1.54, 1.807) is 22.3 Å². The van der Waals surface area contributed by atoms with Crippen LogP contribution < -0.4 is 0 Å². The van der Waals surface area contributed by atoms with E-state index in [0.29, 0.717) is 13.2 Å². The molecule has 2 aliphatic rings. The van der Waals surface area contributed by atoms with Gasteiger partial charge in [-0.2, -0.15) is 0 Å². The van der Waals surface area contributed by atoms with E-state index in [9.17, 15) is 0 Å². The maximum absolute atomic E-state index is 3.67. The second-order valence-corrected chi connectivity index (χ2v) is 44.3. The third kappa shape index (κ3) is 5.79. The summed E-state index contributed by atoms with van der Waals surface area (Å²) in [6.07, 6.45) is 7.67. The van der Waals surface area contributed by atoms with Crippen molar-refractivity contribution in [2.45, 2.75) is 57.1 Å². The quantitative estimate of drug-likeness (QED) is 0.168. The molecule has 0 amide bonds. The zero-order valence-corrected chi connectivity index (χ0v) is 32.0. The third-order valence-corrected chi connectivity index (χ3v) is 27.6. The minimum Gasteiger partial charge on any atom is -0.147 e. The zero-order valence-electron chi connectivity index (χ0n) is 26.5. The van der Waals surface area contributed by atoms with Gasteiger partial charge in [-0.25, -0.2) is 0 Å². The molecule has 3 atom stereocenters. The molecular weight excluding hydrogens is 659 g/mol. The molecule has 0 saturated heterocycles. The molecule has 0 bridgehead atoms. The van der Waals surface area contributed by atoms with Crippen molar-refractivity contribution < 1.29 is 17.4 Å². The summed E-state index contributed by atoms with van der Waals surface area (Å²) in [5.41, 5.74) is 16.3. The molecule has 3 unspecified atom stereocenters. The minimum absolute atomic E-state index is 0. The second kappa shape index (κ2) is 12.8. The van der Waals surface area contributed by atoms with Crippen LogP contribution in [0, 0.1) is 12.8 Å². The van der Waals surface area contributed by atoms with Gasteiger partial charge < -0.3 is 0 Å². The molecule has 0 heterocycles. The van der Waals surface area contributed by atoms with Crippen LogP contribution in [0.25, 0.3) is 34.4 Å². The fourth-order valence-electron chi connectivity index (χ4n) is 8.46. The Morgan fingerprint density at radius 3 is 1.86 bits per heavy atom. The van der Waals surface area contributed by atoms with Crippen molar-refractivity contribution in [2.24, 2.45) is 5.92 Å². The van der Waals surface area contributed by atoms with Gasteiger partial charge in [0.15, 0.2) is 0 Å². The second-order valence-electron chi connectivity index (χ2n) is 13.8. The standard InChI is InChI=1S/C20H21.C17H15.2CH3.2ClH.H2Si.Zr/c1-3-8-15(2)18-13-17-11-7-12-19(20(17)14-18)16-9-5-4-6-10-16;1-12-10-16-13(2)8-9-15(17(16)11-12)14-6-4-3-5-7-14;;;;;;/h4-7,9-15H,3,8H2,1-2H3;3-11H,1-2H3;2*1H3;2*1H;1H2;. The molecule has 0 aromatic heterocycles. The van der Waals surface area contributed by atoms with Crippen LogP contribution >= 0.6 is 24.8 Å². The summed E-state index contributed by atoms with van der Waals surface area (Å²) < 4.78 is 6.64. The number of aryl methyl sites for hydroxylation is 1. The fourth-order valence-corrected chi connectivity index (χ4v) is 29.0. The van der Waals surface area contributed by atoms with Gasteiger partial charge in [-0.05, 0) is 0 Å². The summed E-state index contributed by atoms with van der Waals surface area (Å²) in [5.74, 6) is 0.584. The Labute approximate surface area is 274 Å². The maximum atomic E-state index is 2.78. The number of hydrogen-bond acceptors (Lipinski definition) is 0. The Morgan fingerprint density at radius 2 is 1.28 bits per heavy atom. The average molecular weight is 705 g/mol. The van der Waals surface area contributed by atoms with Gasteiger partial charge in [0, 0.05) is 0 Å². The van der Waals surface area contributed by atoms with Crippen LogP contribution in [0.4, 0.5) is 0 Å². The van der Waals surface area contributed by atoms with Crippen LogP contribution in [0.3, 0.4) is 0 Å². The Hall–Kier alpha value is -1.96. The number of hydrogen-bond donors (Lipinski definition) is 0. The van der Waals surface area contributed by atoms with Crippen molar-refractivity contribution in [3.8, 4) is 22.3 Å². The minimum atomic E-state index is -3.67. The van der Waals surface area contributed by atoms with Gasteiger partial charge >= 0.3 is 252 Å². The van der Waals surface area contributed by atoms with Gasteiger partial charge in [0.1, 0.15) is 0 Å². The normalized spacial score (nSPS) is 18.0. The fraction of sp³-hybridized carbons (Fsp3) is 0.282. The van der Waals surface area contributed by atoms with Crippen molar-refractivity contribution in [1.82, 2.24) is 0 Å². The number of allylic oxidation sites excluding steroid dienone is 2. The molecule has 4 heteroatoms. The molecule has 2 aliphatic carbocycles. The van der Waals surface area contributed by atoms with Crippen LogP contribution in [-0.2, 0) is 17.4 Å². The van der Waals surface area contributed by atoms with Gasteiger partial charge in [-0.15, -0.1) is 24.8 Å². The zero-order chi connectivity index (χ0) is 29.0. The number of benzene rings is 4. The predicted octanol–water partition coefficient (Wildman–Crippen LogP) is 11.5. The van der Waals surface area contributed by atoms with Crippen LogP contribution in [0.2, 0.25) is 9.26 Å². The van der Waals surface area contributed by atoms with Gasteiger partial charge in [-0.1, -0.05) is 0 Å². The third-order valence-electron chi connectivity index (χ3n) is 10.1. The molecule has 0 aliphatic heterocycles. The molecule has 43 heavy (non-hydrogen) atoms. The monoisotopic (exact) mass is 702 g/mol. The molecule has 0 saturated carbocycles. The van der Waals surface area contributed by atoms with Crippen molar-refractivity contribution in [3.05, 3.63) is 130 Å². The molecular formula is C39H46Cl2SiZr. The molecule has 0 nitrogen and oxygen atoms in total. The van der Waals surface area contributed by atoms with Gasteiger partial charge in [0.05, 0.1) is 0 Å². The summed E-state index contributed by atoms with van der Waals surface area (Å²) in [4.78, 5) is 0. The van der Waals surface area contributed by atoms with Crippen molar-refractivity contribution >= 4 is 43.8 Å². The Morgan fingerprint density at radius 1 is 0.698 bits per heavy atom. The molecule has 4 aromatic carbocycles. The molecule has 0 N–H and O–H groups in total. The van der Waals surface area contributed by atoms with Crippen molar-refractivity contribution in [3.63, 3.8) is 0 Å². The van der Waals surface area contributed by atoms with E-state index in [1.807, 2.05) is 0 Å². The van der Waals surface area contributed by atoms with E-state index in [4.69, 9.17) is 0 Å². The summed E-state index contributed by atoms with van der Waals surface area (Å²) in [5, 5.41) is 0.